The molecule has 1 N–H and O–H groups in total. The molecule has 10 heteroatoms. The van der Waals surface area contributed by atoms with Gasteiger partial charge in [-0.1, -0.05) is 0 Å². The number of carbonyl (C=O) groups is 2. The molecule has 174 valence electrons. The average molecular weight is 461 g/mol. The lowest BCUT2D eigenvalue weighted by atomic mass is 10.2. The Labute approximate surface area is 194 Å². The highest BCUT2D eigenvalue weighted by Crippen LogP contribution is 2.44. The molecule has 1 aliphatic rings. The Balaban J connectivity index is 1.62. The van der Waals surface area contributed by atoms with Crippen LogP contribution in [0.15, 0.2) is 47.1 Å². The van der Waals surface area contributed by atoms with E-state index >= 15 is 0 Å². The monoisotopic (exact) mass is 461 g/mol. The number of oxazole rings is 1. The first-order valence-corrected chi connectivity index (χ1v) is 10.9. The molecule has 0 aliphatic heterocycles. The number of pyridine rings is 2. The van der Waals surface area contributed by atoms with Crippen molar-refractivity contribution in [1.29, 1.82) is 0 Å². The van der Waals surface area contributed by atoms with Gasteiger partial charge in [0.25, 0.3) is 0 Å². The molecule has 1 saturated carbocycles. The van der Waals surface area contributed by atoms with Crippen LogP contribution in [0.3, 0.4) is 0 Å². The summed E-state index contributed by atoms with van der Waals surface area (Å²) in [6, 6.07) is 8.87. The average Bonchev–Trinajstić information content (AvgIpc) is 3.56. The van der Waals surface area contributed by atoms with Crippen LogP contribution in [-0.2, 0) is 14.3 Å². The van der Waals surface area contributed by atoms with Gasteiger partial charge in [0.05, 0.1) is 25.6 Å². The Morgan fingerprint density at radius 1 is 1.21 bits per heavy atom. The molecule has 4 aromatic rings. The summed E-state index contributed by atoms with van der Waals surface area (Å²) in [4.78, 5) is 40.6. The number of fused-ring (bicyclic) bond motifs is 2. The minimum absolute atomic E-state index is 0.0609. The quantitative estimate of drug-likeness (QED) is 0.411. The first kappa shape index (κ1) is 21.6. The number of nitrogens with zero attached hydrogens (tertiary/aromatic N) is 4. The molecule has 0 spiro atoms. The molecule has 0 bridgehead atoms. The molecule has 10 nitrogen and oxygen atoms in total. The number of methoxy groups -OCH3 is 1. The Kier molecular flexibility index (Phi) is 5.48. The van der Waals surface area contributed by atoms with E-state index in [2.05, 4.69) is 20.3 Å². The molecule has 1 amide bonds. The summed E-state index contributed by atoms with van der Waals surface area (Å²) in [5.74, 6) is -0.265. The molecule has 2 unspecified atom stereocenters. The Bertz CT molecular complexity index is 1400. The minimum atomic E-state index is -0.545. The van der Waals surface area contributed by atoms with E-state index in [0.717, 1.165) is 10.8 Å². The van der Waals surface area contributed by atoms with Gasteiger partial charge >= 0.3 is 12.0 Å². The van der Waals surface area contributed by atoms with Gasteiger partial charge in [0.1, 0.15) is 22.9 Å². The lowest BCUT2D eigenvalue weighted by Crippen LogP contribution is -2.30. The van der Waals surface area contributed by atoms with E-state index in [0.29, 0.717) is 34.9 Å². The van der Waals surface area contributed by atoms with Gasteiger partial charge in [-0.3, -0.25) is 14.6 Å². The van der Waals surface area contributed by atoms with Gasteiger partial charge in [-0.25, -0.2) is 9.88 Å². The van der Waals surface area contributed by atoms with Gasteiger partial charge in [-0.2, -0.15) is 4.98 Å². The van der Waals surface area contributed by atoms with Crippen molar-refractivity contribution in [2.24, 2.45) is 11.8 Å². The number of ether oxygens (including phenoxy) is 2. The summed E-state index contributed by atoms with van der Waals surface area (Å²) in [5.41, 5.74) is 1.02. The van der Waals surface area contributed by atoms with E-state index < -0.39 is 11.8 Å². The Morgan fingerprint density at radius 2 is 2.06 bits per heavy atom. The van der Waals surface area contributed by atoms with Gasteiger partial charge in [0.15, 0.2) is 5.58 Å². The predicted octanol–water partition coefficient (Wildman–Crippen LogP) is 3.69. The summed E-state index contributed by atoms with van der Waals surface area (Å²) in [5, 5.41) is 4.69. The van der Waals surface area contributed by atoms with Crippen LogP contribution in [0.5, 0.6) is 5.75 Å². The van der Waals surface area contributed by atoms with Crippen molar-refractivity contribution in [3.8, 4) is 5.75 Å². The molecule has 0 saturated heterocycles. The summed E-state index contributed by atoms with van der Waals surface area (Å²) in [6.45, 7) is 2.00. The lowest BCUT2D eigenvalue weighted by molar-refractivity contribution is -0.145. The van der Waals surface area contributed by atoms with Crippen molar-refractivity contribution in [2.45, 2.75) is 13.3 Å². The SMILES string of the molecule is CCOC(=O)C1CC1C(=O)N(c1cc2ccncc2c(NC)n1)c1nc2cc(OC)ccc2o1. The maximum atomic E-state index is 13.7. The van der Waals surface area contributed by atoms with Crippen LogP contribution in [-0.4, -0.2) is 47.6 Å². The van der Waals surface area contributed by atoms with Crippen LogP contribution < -0.4 is 15.0 Å². The predicted molar refractivity (Wildman–Crippen MR) is 125 cm³/mol. The highest BCUT2D eigenvalue weighted by atomic mass is 16.5. The molecule has 2 atom stereocenters. The maximum absolute atomic E-state index is 13.7. The molecular weight excluding hydrogens is 438 g/mol. The molecule has 3 aromatic heterocycles. The number of esters is 1. The number of nitrogens with one attached hydrogen (secondary N) is 1. The van der Waals surface area contributed by atoms with Crippen LogP contribution in [0.25, 0.3) is 21.9 Å². The zero-order valence-electron chi connectivity index (χ0n) is 18.9. The second kappa shape index (κ2) is 8.62. The van der Waals surface area contributed by atoms with Crippen LogP contribution >= 0.6 is 0 Å². The van der Waals surface area contributed by atoms with Crippen molar-refractivity contribution < 1.29 is 23.5 Å². The highest BCUT2D eigenvalue weighted by molar-refractivity contribution is 6.06. The Morgan fingerprint density at radius 3 is 2.82 bits per heavy atom. The van der Waals surface area contributed by atoms with Gasteiger partial charge in [-0.15, -0.1) is 0 Å². The fourth-order valence-electron chi connectivity index (χ4n) is 3.95. The molecule has 3 heterocycles. The number of anilines is 3. The first-order valence-electron chi connectivity index (χ1n) is 10.9. The Hall–Kier alpha value is -4.21. The number of rotatable bonds is 7. The molecule has 0 radical (unpaired) electrons. The fourth-order valence-corrected chi connectivity index (χ4v) is 3.95. The summed E-state index contributed by atoms with van der Waals surface area (Å²) in [6.07, 6.45) is 3.77. The van der Waals surface area contributed by atoms with Gasteiger partial charge < -0.3 is 19.2 Å². The van der Waals surface area contributed by atoms with Crippen molar-refractivity contribution in [3.63, 3.8) is 0 Å². The summed E-state index contributed by atoms with van der Waals surface area (Å²) < 4.78 is 16.3. The highest BCUT2D eigenvalue weighted by Gasteiger charge is 2.52. The van der Waals surface area contributed by atoms with Gasteiger partial charge in [0, 0.05) is 30.9 Å². The van der Waals surface area contributed by atoms with E-state index in [4.69, 9.17) is 13.9 Å². The largest absolute Gasteiger partial charge is 0.497 e. The van der Waals surface area contributed by atoms with E-state index in [9.17, 15) is 9.59 Å². The number of hydrogen-bond donors (Lipinski definition) is 1. The third-order valence-corrected chi connectivity index (χ3v) is 5.78. The molecule has 1 aliphatic carbocycles. The van der Waals surface area contributed by atoms with Crippen LogP contribution in [0.1, 0.15) is 13.3 Å². The zero-order valence-corrected chi connectivity index (χ0v) is 18.9. The minimum Gasteiger partial charge on any atom is -0.497 e. The third kappa shape index (κ3) is 3.76. The summed E-state index contributed by atoms with van der Waals surface area (Å²) >= 11 is 0. The number of carbonyl (C=O) groups excluding carboxylic acids is 2. The summed E-state index contributed by atoms with van der Waals surface area (Å²) in [7, 11) is 3.31. The fraction of sp³-hybridized carbons (Fsp3) is 0.292. The number of hydrogen-bond acceptors (Lipinski definition) is 9. The number of benzene rings is 1. The second-order valence-electron chi connectivity index (χ2n) is 7.88. The van der Waals surface area contributed by atoms with Crippen molar-refractivity contribution in [3.05, 3.63) is 42.7 Å². The molecule has 34 heavy (non-hydrogen) atoms. The number of aromatic nitrogens is 3. The maximum Gasteiger partial charge on any atom is 0.311 e. The van der Waals surface area contributed by atoms with Crippen LogP contribution in [0, 0.1) is 11.8 Å². The van der Waals surface area contributed by atoms with Crippen molar-refractivity contribution >= 4 is 51.4 Å². The van der Waals surface area contributed by atoms with Crippen molar-refractivity contribution in [2.75, 3.05) is 31.0 Å². The molecule has 5 rings (SSSR count). The first-order chi connectivity index (χ1) is 16.5. The van der Waals surface area contributed by atoms with Crippen molar-refractivity contribution in [1.82, 2.24) is 15.0 Å². The van der Waals surface area contributed by atoms with E-state index in [1.165, 1.54) is 4.90 Å². The molecule has 1 fully saturated rings. The van der Waals surface area contributed by atoms with Gasteiger partial charge in [-0.05, 0) is 43.0 Å². The van der Waals surface area contributed by atoms with E-state index in [1.54, 1.807) is 57.7 Å². The van der Waals surface area contributed by atoms with E-state index in [1.807, 2.05) is 6.07 Å². The second-order valence-corrected chi connectivity index (χ2v) is 7.88. The smallest absolute Gasteiger partial charge is 0.311 e. The topological polar surface area (TPSA) is 120 Å². The molecular formula is C24H23N5O5. The normalized spacial score (nSPS) is 16.9. The zero-order chi connectivity index (χ0) is 23.8. The third-order valence-electron chi connectivity index (χ3n) is 5.78. The van der Waals surface area contributed by atoms with E-state index in [-0.39, 0.29) is 24.5 Å². The van der Waals surface area contributed by atoms with Crippen LogP contribution in [0.4, 0.5) is 17.7 Å². The lowest BCUT2D eigenvalue weighted by Gasteiger charge is -2.19. The number of amides is 1. The standard InChI is InChI=1S/C24H23N5O5/c1-4-33-23(31)16-11-15(16)22(30)29(24-27-18-10-14(32-3)5-6-19(18)34-24)20-9-13-7-8-26-12-17(13)21(25-2)28-20/h5-10,12,15-16H,4,11H2,1-3H3,(H,25,28). The molecule has 1 aromatic carbocycles. The van der Waals surface area contributed by atoms with Gasteiger partial charge in [0.2, 0.25) is 5.91 Å². The van der Waals surface area contributed by atoms with Crippen LogP contribution in [0.2, 0.25) is 0 Å².